The summed E-state index contributed by atoms with van der Waals surface area (Å²) in [7, 11) is 2.82. The molecule has 0 atom stereocenters. The van der Waals surface area contributed by atoms with Gasteiger partial charge < -0.3 is 14.8 Å². The van der Waals surface area contributed by atoms with E-state index in [0.29, 0.717) is 17.6 Å². The fraction of sp³-hybridized carbons (Fsp3) is 0.143. The number of ether oxygens (including phenoxy) is 2. The van der Waals surface area contributed by atoms with Gasteiger partial charge in [-0.25, -0.2) is 4.39 Å². The molecule has 2 rings (SSSR count). The molecular formula is C14H11F3N2O3. The Hall–Kier alpha value is -2.77. The molecule has 1 aromatic carbocycles. The monoisotopic (exact) mass is 312 g/mol. The Morgan fingerprint density at radius 1 is 1.05 bits per heavy atom. The second-order valence-electron chi connectivity index (χ2n) is 4.15. The lowest BCUT2D eigenvalue weighted by molar-refractivity contribution is 0.102. The maximum absolute atomic E-state index is 13.5. The average molecular weight is 312 g/mol. The van der Waals surface area contributed by atoms with Crippen molar-refractivity contribution in [3.8, 4) is 11.5 Å². The second kappa shape index (κ2) is 6.33. The van der Waals surface area contributed by atoms with Crippen LogP contribution in [0.4, 0.5) is 18.9 Å². The smallest absolute Gasteiger partial charge is 0.258 e. The molecule has 0 bridgehead atoms. The number of anilines is 1. The van der Waals surface area contributed by atoms with Crippen LogP contribution < -0.4 is 14.8 Å². The van der Waals surface area contributed by atoms with E-state index in [-0.39, 0.29) is 5.69 Å². The van der Waals surface area contributed by atoms with Gasteiger partial charge in [-0.2, -0.15) is 13.8 Å². The molecule has 1 amide bonds. The zero-order chi connectivity index (χ0) is 16.3. The maximum atomic E-state index is 13.5. The highest BCUT2D eigenvalue weighted by Gasteiger charge is 2.19. The Labute approximate surface area is 123 Å². The van der Waals surface area contributed by atoms with Crippen molar-refractivity contribution in [3.63, 3.8) is 0 Å². The van der Waals surface area contributed by atoms with Crippen molar-refractivity contribution in [2.45, 2.75) is 0 Å². The molecule has 0 spiro atoms. The molecule has 116 valence electrons. The summed E-state index contributed by atoms with van der Waals surface area (Å²) >= 11 is 0. The van der Waals surface area contributed by atoms with Gasteiger partial charge in [-0.1, -0.05) is 0 Å². The Morgan fingerprint density at radius 2 is 1.64 bits per heavy atom. The number of rotatable bonds is 4. The van der Waals surface area contributed by atoms with Gasteiger partial charge in [-0.3, -0.25) is 4.79 Å². The number of halogens is 3. The van der Waals surface area contributed by atoms with Crippen LogP contribution >= 0.6 is 0 Å². The Kier molecular flexibility index (Phi) is 4.50. The van der Waals surface area contributed by atoms with Gasteiger partial charge >= 0.3 is 0 Å². The average Bonchev–Trinajstić information content (AvgIpc) is 2.50. The van der Waals surface area contributed by atoms with Crippen molar-refractivity contribution in [1.82, 2.24) is 4.98 Å². The molecule has 0 aliphatic heterocycles. The van der Waals surface area contributed by atoms with Crippen LogP contribution in [0.2, 0.25) is 0 Å². The number of methoxy groups -OCH3 is 2. The lowest BCUT2D eigenvalue weighted by Crippen LogP contribution is -2.16. The highest BCUT2D eigenvalue weighted by Crippen LogP contribution is 2.26. The Balaban J connectivity index is 2.33. The summed E-state index contributed by atoms with van der Waals surface area (Å²) in [6.07, 6.45) is 0. The summed E-state index contributed by atoms with van der Waals surface area (Å²) in [5.74, 6) is -4.80. The van der Waals surface area contributed by atoms with Crippen LogP contribution in [0.25, 0.3) is 0 Å². The van der Waals surface area contributed by atoms with Gasteiger partial charge in [0, 0.05) is 30.0 Å². The van der Waals surface area contributed by atoms with Crippen molar-refractivity contribution in [3.05, 3.63) is 47.5 Å². The number of carbonyl (C=O) groups excluding carboxylic acids is 1. The number of amides is 1. The Morgan fingerprint density at radius 3 is 2.18 bits per heavy atom. The van der Waals surface area contributed by atoms with Gasteiger partial charge in [0.25, 0.3) is 11.9 Å². The Bertz CT molecular complexity index is 700. The molecule has 5 nitrogen and oxygen atoms in total. The van der Waals surface area contributed by atoms with Crippen LogP contribution in [0.1, 0.15) is 10.4 Å². The van der Waals surface area contributed by atoms with E-state index in [1.54, 1.807) is 6.07 Å². The van der Waals surface area contributed by atoms with Gasteiger partial charge in [0.2, 0.25) is 5.95 Å². The SMILES string of the molecule is COc1cc(NC(=O)c2cc(F)nc(F)c2F)cc(OC)c1. The molecule has 0 aliphatic carbocycles. The summed E-state index contributed by atoms with van der Waals surface area (Å²) in [6.45, 7) is 0. The highest BCUT2D eigenvalue weighted by atomic mass is 19.2. The number of benzene rings is 1. The minimum atomic E-state index is -1.69. The van der Waals surface area contributed by atoms with Gasteiger partial charge in [0.05, 0.1) is 19.8 Å². The van der Waals surface area contributed by atoms with Crippen molar-refractivity contribution in [2.24, 2.45) is 0 Å². The summed E-state index contributed by atoms with van der Waals surface area (Å²) in [4.78, 5) is 14.6. The minimum Gasteiger partial charge on any atom is -0.497 e. The van der Waals surface area contributed by atoms with Crippen molar-refractivity contribution >= 4 is 11.6 Å². The van der Waals surface area contributed by atoms with Gasteiger partial charge in [-0.05, 0) is 0 Å². The first kappa shape index (κ1) is 15.6. The predicted octanol–water partition coefficient (Wildman–Crippen LogP) is 2.77. The molecular weight excluding hydrogens is 301 g/mol. The molecule has 1 heterocycles. The molecule has 0 unspecified atom stereocenters. The second-order valence-corrected chi connectivity index (χ2v) is 4.15. The standard InChI is InChI=1S/C14H11F3N2O3/c1-21-8-3-7(4-9(5-8)22-2)18-14(20)10-6-11(15)19-13(17)12(10)16/h3-6H,1-2H3,(H,18,20). The van der Waals surface area contributed by atoms with Crippen molar-refractivity contribution in [2.75, 3.05) is 19.5 Å². The predicted molar refractivity (Wildman–Crippen MR) is 71.6 cm³/mol. The van der Waals surface area contributed by atoms with E-state index in [0.717, 1.165) is 0 Å². The topological polar surface area (TPSA) is 60.5 Å². The van der Waals surface area contributed by atoms with E-state index in [9.17, 15) is 18.0 Å². The van der Waals surface area contributed by atoms with Crippen LogP contribution in [0, 0.1) is 17.7 Å². The highest BCUT2D eigenvalue weighted by molar-refractivity contribution is 6.04. The molecule has 8 heteroatoms. The van der Waals surface area contributed by atoms with Crippen molar-refractivity contribution < 1.29 is 27.4 Å². The lowest BCUT2D eigenvalue weighted by atomic mass is 10.2. The van der Waals surface area contributed by atoms with Crippen molar-refractivity contribution in [1.29, 1.82) is 0 Å². The summed E-state index contributed by atoms with van der Waals surface area (Å²) in [6, 6.07) is 4.94. The molecule has 0 aliphatic rings. The van der Waals surface area contributed by atoms with Crippen LogP contribution in [0.3, 0.4) is 0 Å². The van der Waals surface area contributed by atoms with E-state index in [1.807, 2.05) is 0 Å². The number of nitrogens with zero attached hydrogens (tertiary/aromatic N) is 1. The molecule has 22 heavy (non-hydrogen) atoms. The number of carbonyl (C=O) groups is 1. The van der Waals surface area contributed by atoms with Crippen LogP contribution in [-0.4, -0.2) is 25.1 Å². The third-order valence-corrected chi connectivity index (χ3v) is 2.74. The first-order valence-electron chi connectivity index (χ1n) is 6.00. The van der Waals surface area contributed by atoms with Crippen LogP contribution in [0.15, 0.2) is 24.3 Å². The molecule has 0 fully saturated rings. The zero-order valence-electron chi connectivity index (χ0n) is 11.6. The van der Waals surface area contributed by atoms with Crippen LogP contribution in [-0.2, 0) is 0 Å². The molecule has 0 radical (unpaired) electrons. The number of hydrogen-bond donors (Lipinski definition) is 1. The molecule has 2 aromatic rings. The van der Waals surface area contributed by atoms with Gasteiger partial charge in [0.1, 0.15) is 11.5 Å². The fourth-order valence-electron chi connectivity index (χ4n) is 1.71. The van der Waals surface area contributed by atoms with E-state index in [2.05, 4.69) is 10.3 Å². The number of pyridine rings is 1. The van der Waals surface area contributed by atoms with Crippen LogP contribution in [0.5, 0.6) is 11.5 Å². The molecule has 0 saturated carbocycles. The number of aromatic nitrogens is 1. The van der Waals surface area contributed by atoms with E-state index in [4.69, 9.17) is 9.47 Å². The summed E-state index contributed by atoms with van der Waals surface area (Å²) in [5, 5.41) is 2.30. The third kappa shape index (κ3) is 3.27. The van der Waals surface area contributed by atoms with Gasteiger partial charge in [0.15, 0.2) is 5.82 Å². The normalized spacial score (nSPS) is 10.2. The lowest BCUT2D eigenvalue weighted by Gasteiger charge is -2.10. The first-order valence-corrected chi connectivity index (χ1v) is 6.00. The third-order valence-electron chi connectivity index (χ3n) is 2.74. The zero-order valence-corrected chi connectivity index (χ0v) is 11.6. The van der Waals surface area contributed by atoms with E-state index in [1.165, 1.54) is 26.4 Å². The first-order chi connectivity index (χ1) is 10.4. The number of nitrogens with one attached hydrogen (secondary N) is 1. The fourth-order valence-corrected chi connectivity index (χ4v) is 1.71. The van der Waals surface area contributed by atoms with E-state index < -0.39 is 29.2 Å². The van der Waals surface area contributed by atoms with Gasteiger partial charge in [-0.15, -0.1) is 0 Å². The largest absolute Gasteiger partial charge is 0.497 e. The summed E-state index contributed by atoms with van der Waals surface area (Å²) in [5.41, 5.74) is -0.593. The maximum Gasteiger partial charge on any atom is 0.258 e. The molecule has 1 aromatic heterocycles. The molecule has 1 N–H and O–H groups in total. The van der Waals surface area contributed by atoms with E-state index >= 15 is 0 Å². The minimum absolute atomic E-state index is 0.207. The quantitative estimate of drug-likeness (QED) is 0.882. The number of hydrogen-bond acceptors (Lipinski definition) is 4. The molecule has 0 saturated heterocycles. The summed E-state index contributed by atoms with van der Waals surface area (Å²) < 4.78 is 49.6.